The number of urea groups is 1. The number of carbonyl (C=O) groups excluding carboxylic acids is 3. The number of nitrogens with zero attached hydrogens (tertiary/aromatic N) is 3. The van der Waals surface area contributed by atoms with Crippen molar-refractivity contribution in [3.63, 3.8) is 0 Å². The molecule has 3 atom stereocenters. The normalized spacial score (nSPS) is 27.1. The highest BCUT2D eigenvalue weighted by Gasteiger charge is 2.39. The minimum Gasteiger partial charge on any atom is -0.467 e. The number of fused-ring (bicyclic) bond motifs is 1. The molecule has 1 aromatic heterocycles. The summed E-state index contributed by atoms with van der Waals surface area (Å²) >= 11 is 0. The molecule has 1 aromatic rings. The number of piperidine rings is 2. The van der Waals surface area contributed by atoms with E-state index in [1.165, 1.54) is 51.5 Å². The summed E-state index contributed by atoms with van der Waals surface area (Å²) in [4.78, 5) is 43.0. The van der Waals surface area contributed by atoms with E-state index in [4.69, 9.17) is 4.42 Å². The Hall–Kier alpha value is -2.35. The lowest BCUT2D eigenvalue weighted by atomic mass is 9.83. The van der Waals surface area contributed by atoms with Crippen molar-refractivity contribution in [3.05, 3.63) is 24.2 Å². The first kappa shape index (κ1) is 20.9. The number of carbonyl (C=O) groups is 3. The lowest BCUT2D eigenvalue weighted by molar-refractivity contribution is -0.132. The third-order valence-corrected chi connectivity index (χ3v) is 6.81. The van der Waals surface area contributed by atoms with Crippen LogP contribution in [0.25, 0.3) is 0 Å². The van der Waals surface area contributed by atoms with Crippen LogP contribution in [0.15, 0.2) is 22.8 Å². The van der Waals surface area contributed by atoms with Crippen LogP contribution in [0.3, 0.4) is 0 Å². The predicted molar refractivity (Wildman–Crippen MR) is 110 cm³/mol. The molecule has 0 aliphatic carbocycles. The molecule has 164 valence electrons. The second kappa shape index (κ2) is 9.20. The molecule has 4 rings (SSSR count). The summed E-state index contributed by atoms with van der Waals surface area (Å²) in [6.45, 7) is 3.27. The van der Waals surface area contributed by atoms with Crippen LogP contribution in [-0.2, 0) is 16.1 Å². The van der Waals surface area contributed by atoms with Crippen molar-refractivity contribution >= 4 is 17.8 Å². The van der Waals surface area contributed by atoms with Gasteiger partial charge in [0.15, 0.2) is 0 Å². The summed E-state index contributed by atoms with van der Waals surface area (Å²) in [7, 11) is 1.86. The second-order valence-electron chi connectivity index (χ2n) is 8.82. The SMILES string of the molecule is CN(C[C@@H]1CCCN2CCCC[C@@H]12)C(=O)CC[C@@H]1NC(=O)N(Cc2ccco2)C1=O. The smallest absolute Gasteiger partial charge is 0.325 e. The first-order valence-corrected chi connectivity index (χ1v) is 11.1. The molecule has 0 unspecified atom stereocenters. The highest BCUT2D eigenvalue weighted by molar-refractivity contribution is 6.04. The van der Waals surface area contributed by atoms with Crippen molar-refractivity contribution < 1.29 is 18.8 Å². The van der Waals surface area contributed by atoms with Gasteiger partial charge in [-0.3, -0.25) is 14.5 Å². The van der Waals surface area contributed by atoms with Crippen molar-refractivity contribution in [1.82, 2.24) is 20.0 Å². The molecule has 30 heavy (non-hydrogen) atoms. The minimum absolute atomic E-state index is 0.0365. The fraction of sp³-hybridized carbons (Fsp3) is 0.682. The zero-order valence-electron chi connectivity index (χ0n) is 17.7. The van der Waals surface area contributed by atoms with Gasteiger partial charge in [-0.2, -0.15) is 0 Å². The van der Waals surface area contributed by atoms with E-state index in [2.05, 4.69) is 10.2 Å². The first-order valence-electron chi connectivity index (χ1n) is 11.1. The molecule has 3 aliphatic heterocycles. The molecule has 3 aliphatic rings. The molecule has 4 amide bonds. The van der Waals surface area contributed by atoms with Crippen molar-refractivity contribution in [1.29, 1.82) is 0 Å². The van der Waals surface area contributed by atoms with Crippen molar-refractivity contribution in [2.24, 2.45) is 5.92 Å². The zero-order chi connectivity index (χ0) is 21.1. The van der Waals surface area contributed by atoms with E-state index in [-0.39, 0.29) is 24.8 Å². The largest absolute Gasteiger partial charge is 0.467 e. The Morgan fingerprint density at radius 2 is 2.07 bits per heavy atom. The zero-order valence-corrected chi connectivity index (χ0v) is 17.7. The van der Waals surface area contributed by atoms with Crippen molar-refractivity contribution in [2.45, 2.75) is 63.6 Å². The maximum absolute atomic E-state index is 12.7. The van der Waals surface area contributed by atoms with E-state index >= 15 is 0 Å². The Balaban J connectivity index is 1.26. The summed E-state index contributed by atoms with van der Waals surface area (Å²) < 4.78 is 5.23. The average Bonchev–Trinajstić information content (AvgIpc) is 3.36. The molecule has 8 heteroatoms. The topological polar surface area (TPSA) is 86.1 Å². The number of nitrogens with one attached hydrogen (secondary N) is 1. The fourth-order valence-electron chi connectivity index (χ4n) is 5.18. The van der Waals surface area contributed by atoms with Gasteiger partial charge in [-0.05, 0) is 63.2 Å². The van der Waals surface area contributed by atoms with Gasteiger partial charge in [0.25, 0.3) is 5.91 Å². The quantitative estimate of drug-likeness (QED) is 0.689. The Bertz CT molecular complexity index is 763. The Labute approximate surface area is 177 Å². The molecule has 0 aromatic carbocycles. The monoisotopic (exact) mass is 416 g/mol. The number of hydrogen-bond acceptors (Lipinski definition) is 5. The van der Waals surface area contributed by atoms with Crippen LogP contribution in [0.4, 0.5) is 4.79 Å². The molecular weight excluding hydrogens is 384 g/mol. The second-order valence-corrected chi connectivity index (χ2v) is 8.82. The summed E-state index contributed by atoms with van der Waals surface area (Å²) in [5.74, 6) is 0.829. The number of rotatable bonds is 7. The summed E-state index contributed by atoms with van der Waals surface area (Å²) in [6, 6.07) is 2.98. The van der Waals surface area contributed by atoms with E-state index in [1.807, 2.05) is 11.9 Å². The molecule has 3 saturated heterocycles. The predicted octanol–water partition coefficient (Wildman–Crippen LogP) is 2.20. The highest BCUT2D eigenvalue weighted by Crippen LogP contribution is 2.31. The maximum Gasteiger partial charge on any atom is 0.325 e. The van der Waals surface area contributed by atoms with Crippen LogP contribution < -0.4 is 5.32 Å². The Kier molecular flexibility index (Phi) is 6.41. The molecule has 0 bridgehead atoms. The highest BCUT2D eigenvalue weighted by atomic mass is 16.3. The minimum atomic E-state index is -0.645. The summed E-state index contributed by atoms with van der Waals surface area (Å²) in [6.07, 6.45) is 8.28. The van der Waals surface area contributed by atoms with Crippen LogP contribution in [-0.4, -0.2) is 71.3 Å². The van der Waals surface area contributed by atoms with Gasteiger partial charge in [-0.1, -0.05) is 6.42 Å². The van der Waals surface area contributed by atoms with Gasteiger partial charge >= 0.3 is 6.03 Å². The Morgan fingerprint density at radius 3 is 2.87 bits per heavy atom. The standard InChI is InChI=1S/C22H32N4O4/c1-24(14-16-6-4-12-25-11-3-2-8-19(16)25)20(27)10-9-18-21(28)26(22(29)23-18)15-17-7-5-13-30-17/h5,7,13,16,18-19H,2-4,6,8-12,14-15H2,1H3,(H,23,29)/t16-,18-,19-/m0/s1. The lowest BCUT2D eigenvalue weighted by Gasteiger charge is -2.45. The molecule has 0 spiro atoms. The maximum atomic E-state index is 12.7. The Morgan fingerprint density at radius 1 is 1.23 bits per heavy atom. The number of hydrogen-bond donors (Lipinski definition) is 1. The van der Waals surface area contributed by atoms with Crippen LogP contribution in [0.5, 0.6) is 0 Å². The van der Waals surface area contributed by atoms with Gasteiger partial charge in [-0.15, -0.1) is 0 Å². The van der Waals surface area contributed by atoms with Crippen LogP contribution in [0.1, 0.15) is 50.7 Å². The summed E-state index contributed by atoms with van der Waals surface area (Å²) in [5, 5.41) is 2.70. The third-order valence-electron chi connectivity index (χ3n) is 6.81. The lowest BCUT2D eigenvalue weighted by Crippen LogP contribution is -2.51. The first-order chi connectivity index (χ1) is 14.5. The van der Waals surface area contributed by atoms with Crippen molar-refractivity contribution in [2.75, 3.05) is 26.7 Å². The van der Waals surface area contributed by atoms with Gasteiger partial charge in [0, 0.05) is 26.1 Å². The van der Waals surface area contributed by atoms with Crippen LogP contribution in [0, 0.1) is 5.92 Å². The van der Waals surface area contributed by atoms with Crippen LogP contribution in [0.2, 0.25) is 0 Å². The van der Waals surface area contributed by atoms with E-state index in [9.17, 15) is 14.4 Å². The molecule has 1 N–H and O–H groups in total. The fourth-order valence-corrected chi connectivity index (χ4v) is 5.18. The van der Waals surface area contributed by atoms with Gasteiger partial charge in [0.05, 0.1) is 12.8 Å². The molecule has 0 saturated carbocycles. The van der Waals surface area contributed by atoms with E-state index < -0.39 is 12.1 Å². The molecule has 0 radical (unpaired) electrons. The number of furan rings is 1. The third kappa shape index (κ3) is 4.53. The van der Waals surface area contributed by atoms with Gasteiger partial charge < -0.3 is 19.5 Å². The van der Waals surface area contributed by atoms with E-state index in [1.54, 1.807) is 12.1 Å². The average molecular weight is 417 g/mol. The van der Waals surface area contributed by atoms with E-state index in [0.717, 1.165) is 11.4 Å². The van der Waals surface area contributed by atoms with Crippen LogP contribution >= 0.6 is 0 Å². The summed E-state index contributed by atoms with van der Waals surface area (Å²) in [5.41, 5.74) is 0. The van der Waals surface area contributed by atoms with E-state index in [0.29, 0.717) is 24.1 Å². The number of imide groups is 1. The number of amides is 4. The van der Waals surface area contributed by atoms with Crippen molar-refractivity contribution in [3.8, 4) is 0 Å². The molecule has 8 nitrogen and oxygen atoms in total. The van der Waals surface area contributed by atoms with Gasteiger partial charge in [0.1, 0.15) is 11.8 Å². The molecule has 4 heterocycles. The molecular formula is C22H32N4O4. The molecule has 3 fully saturated rings. The van der Waals surface area contributed by atoms with Gasteiger partial charge in [0.2, 0.25) is 5.91 Å². The van der Waals surface area contributed by atoms with Gasteiger partial charge in [-0.25, -0.2) is 4.79 Å².